The van der Waals surface area contributed by atoms with Gasteiger partial charge in [-0.25, -0.2) is 18.4 Å². The summed E-state index contributed by atoms with van der Waals surface area (Å²) in [6, 6.07) is 9.49. The Labute approximate surface area is 148 Å². The first-order valence-electron chi connectivity index (χ1n) is 7.99. The number of carbonyl (C=O) groups excluding carboxylic acids is 2. The summed E-state index contributed by atoms with van der Waals surface area (Å²) in [7, 11) is 0. The fourth-order valence-corrected chi connectivity index (χ4v) is 2.80. The number of benzene rings is 2. The van der Waals surface area contributed by atoms with Crippen molar-refractivity contribution in [3.63, 3.8) is 0 Å². The number of esters is 1. The van der Waals surface area contributed by atoms with Crippen LogP contribution in [-0.2, 0) is 9.53 Å². The molecular formula is C19H16F2N2O3. The van der Waals surface area contributed by atoms with Crippen molar-refractivity contribution in [2.75, 3.05) is 6.61 Å². The Hall–Kier alpha value is -3.22. The van der Waals surface area contributed by atoms with Crippen LogP contribution >= 0.6 is 0 Å². The van der Waals surface area contributed by atoms with Crippen molar-refractivity contribution < 1.29 is 23.1 Å². The monoisotopic (exact) mass is 358 g/mol. The molecule has 26 heavy (non-hydrogen) atoms. The van der Waals surface area contributed by atoms with Crippen LogP contribution in [0.2, 0.25) is 0 Å². The number of nitrogens with one attached hydrogen (secondary N) is 2. The SMILES string of the molecule is CCOC(=O)C1=C(c2cccc(F)c2)NC(=O)N[C@@H]1c1cccc(F)c1. The lowest BCUT2D eigenvalue weighted by molar-refractivity contribution is -0.138. The van der Waals surface area contributed by atoms with Crippen LogP contribution in [0.4, 0.5) is 13.6 Å². The first-order valence-corrected chi connectivity index (χ1v) is 7.99. The molecule has 0 fully saturated rings. The number of hydrogen-bond acceptors (Lipinski definition) is 3. The lowest BCUT2D eigenvalue weighted by Crippen LogP contribution is -2.45. The molecule has 0 aliphatic carbocycles. The second-order valence-corrected chi connectivity index (χ2v) is 5.61. The van der Waals surface area contributed by atoms with Crippen molar-refractivity contribution in [2.45, 2.75) is 13.0 Å². The van der Waals surface area contributed by atoms with Crippen molar-refractivity contribution in [2.24, 2.45) is 0 Å². The highest BCUT2D eigenvalue weighted by Gasteiger charge is 2.34. The maximum Gasteiger partial charge on any atom is 0.338 e. The van der Waals surface area contributed by atoms with E-state index in [1.54, 1.807) is 19.1 Å². The zero-order valence-electron chi connectivity index (χ0n) is 13.9. The zero-order chi connectivity index (χ0) is 18.7. The lowest BCUT2D eigenvalue weighted by atomic mass is 9.92. The Morgan fingerprint density at radius 1 is 1.12 bits per heavy atom. The summed E-state index contributed by atoms with van der Waals surface area (Å²) in [6.45, 7) is 1.76. The molecule has 1 aliphatic heterocycles. The number of amides is 2. The van der Waals surface area contributed by atoms with Gasteiger partial charge in [0.15, 0.2) is 0 Å². The minimum atomic E-state index is -0.934. The van der Waals surface area contributed by atoms with Gasteiger partial charge in [0.1, 0.15) is 11.6 Å². The van der Waals surface area contributed by atoms with Crippen LogP contribution in [0, 0.1) is 11.6 Å². The van der Waals surface area contributed by atoms with Gasteiger partial charge < -0.3 is 15.4 Å². The van der Waals surface area contributed by atoms with Crippen LogP contribution in [0.15, 0.2) is 54.1 Å². The minimum absolute atomic E-state index is 0.0719. The topological polar surface area (TPSA) is 67.4 Å². The van der Waals surface area contributed by atoms with Crippen LogP contribution in [0.1, 0.15) is 24.1 Å². The van der Waals surface area contributed by atoms with Crippen molar-refractivity contribution >= 4 is 17.7 Å². The van der Waals surface area contributed by atoms with Crippen molar-refractivity contribution in [3.05, 3.63) is 76.9 Å². The van der Waals surface area contributed by atoms with Crippen molar-refractivity contribution in [3.8, 4) is 0 Å². The molecule has 1 aliphatic rings. The van der Waals surface area contributed by atoms with Crippen LogP contribution in [-0.4, -0.2) is 18.6 Å². The van der Waals surface area contributed by atoms with Gasteiger partial charge in [0, 0.05) is 5.56 Å². The number of hydrogen-bond donors (Lipinski definition) is 2. The summed E-state index contributed by atoms with van der Waals surface area (Å²) in [6.07, 6.45) is 0. The van der Waals surface area contributed by atoms with Gasteiger partial charge >= 0.3 is 12.0 Å². The molecule has 0 bridgehead atoms. The fourth-order valence-electron chi connectivity index (χ4n) is 2.80. The normalized spacial score (nSPS) is 16.7. The van der Waals surface area contributed by atoms with Crippen LogP contribution < -0.4 is 10.6 Å². The molecule has 0 aromatic heterocycles. The van der Waals surface area contributed by atoms with E-state index in [9.17, 15) is 18.4 Å². The quantitative estimate of drug-likeness (QED) is 0.824. The van der Waals surface area contributed by atoms with E-state index in [1.165, 1.54) is 36.4 Å². The lowest BCUT2D eigenvalue weighted by Gasteiger charge is -2.29. The Kier molecular flexibility index (Phi) is 4.97. The highest BCUT2D eigenvalue weighted by molar-refractivity contribution is 6.04. The maximum atomic E-state index is 13.7. The van der Waals surface area contributed by atoms with Crippen molar-refractivity contribution in [1.29, 1.82) is 0 Å². The molecular weight excluding hydrogens is 342 g/mol. The summed E-state index contributed by atoms with van der Waals surface area (Å²) < 4.78 is 32.4. The standard InChI is InChI=1S/C19H16F2N2O3/c1-2-26-18(24)15-16(11-5-3-7-13(20)9-11)22-19(25)23-17(15)12-6-4-8-14(21)10-12/h3-10,16H,2H2,1H3,(H2,22,23,25)/t16-/m1/s1. The van der Waals surface area contributed by atoms with E-state index in [1.807, 2.05) is 0 Å². The molecule has 0 saturated carbocycles. The minimum Gasteiger partial charge on any atom is -0.463 e. The average molecular weight is 358 g/mol. The Morgan fingerprint density at radius 2 is 1.81 bits per heavy atom. The Balaban J connectivity index is 2.20. The molecule has 0 spiro atoms. The van der Waals surface area contributed by atoms with E-state index < -0.39 is 29.7 Å². The first-order chi connectivity index (χ1) is 12.5. The molecule has 0 radical (unpaired) electrons. The van der Waals surface area contributed by atoms with E-state index in [0.29, 0.717) is 11.1 Å². The van der Waals surface area contributed by atoms with Crippen LogP contribution in [0.5, 0.6) is 0 Å². The molecule has 2 aromatic carbocycles. The van der Waals surface area contributed by atoms with E-state index in [0.717, 1.165) is 0 Å². The first kappa shape index (κ1) is 17.6. The predicted octanol–water partition coefficient (Wildman–Crippen LogP) is 3.29. The second-order valence-electron chi connectivity index (χ2n) is 5.61. The molecule has 134 valence electrons. The molecule has 1 atom stereocenters. The number of urea groups is 1. The molecule has 0 saturated heterocycles. The largest absolute Gasteiger partial charge is 0.463 e. The number of halogens is 2. The van der Waals surface area contributed by atoms with Gasteiger partial charge in [0.25, 0.3) is 0 Å². The molecule has 2 N–H and O–H groups in total. The summed E-state index contributed by atoms with van der Waals surface area (Å²) in [5.41, 5.74) is 0.879. The Bertz CT molecular complexity index is 896. The smallest absolute Gasteiger partial charge is 0.338 e. The summed E-state index contributed by atoms with van der Waals surface area (Å²) in [5, 5.41) is 5.13. The Morgan fingerprint density at radius 3 is 2.46 bits per heavy atom. The summed E-state index contributed by atoms with van der Waals surface area (Å²) in [5.74, 6) is -1.72. The number of carbonyl (C=O) groups is 2. The highest BCUT2D eigenvalue weighted by atomic mass is 19.1. The molecule has 7 heteroatoms. The summed E-state index contributed by atoms with van der Waals surface area (Å²) in [4.78, 5) is 24.7. The van der Waals surface area contributed by atoms with Crippen LogP contribution in [0.25, 0.3) is 5.70 Å². The predicted molar refractivity (Wildman–Crippen MR) is 90.8 cm³/mol. The molecule has 2 aromatic rings. The highest BCUT2D eigenvalue weighted by Crippen LogP contribution is 2.32. The number of ether oxygens (including phenoxy) is 1. The van der Waals surface area contributed by atoms with E-state index in [2.05, 4.69) is 10.6 Å². The zero-order valence-corrected chi connectivity index (χ0v) is 13.9. The summed E-state index contributed by atoms with van der Waals surface area (Å²) >= 11 is 0. The van der Waals surface area contributed by atoms with E-state index >= 15 is 0 Å². The molecule has 2 amide bonds. The fraction of sp³-hybridized carbons (Fsp3) is 0.158. The van der Waals surface area contributed by atoms with Gasteiger partial charge in [-0.15, -0.1) is 0 Å². The van der Waals surface area contributed by atoms with Gasteiger partial charge in [-0.3, -0.25) is 0 Å². The van der Waals surface area contributed by atoms with Crippen molar-refractivity contribution in [1.82, 2.24) is 10.6 Å². The second kappa shape index (κ2) is 7.35. The van der Waals surface area contributed by atoms with Gasteiger partial charge in [0.2, 0.25) is 0 Å². The number of rotatable bonds is 4. The average Bonchev–Trinajstić information content (AvgIpc) is 2.61. The van der Waals surface area contributed by atoms with Gasteiger partial charge in [-0.1, -0.05) is 24.3 Å². The molecule has 1 heterocycles. The third-order valence-corrected chi connectivity index (χ3v) is 3.86. The van der Waals surface area contributed by atoms with Gasteiger partial charge in [0.05, 0.1) is 23.9 Å². The molecule has 5 nitrogen and oxygen atoms in total. The van der Waals surface area contributed by atoms with E-state index in [-0.39, 0.29) is 17.9 Å². The molecule has 0 unspecified atom stereocenters. The molecule has 3 rings (SSSR count). The van der Waals surface area contributed by atoms with E-state index in [4.69, 9.17) is 4.74 Å². The van der Waals surface area contributed by atoms with Gasteiger partial charge in [-0.2, -0.15) is 0 Å². The maximum absolute atomic E-state index is 13.7. The van der Waals surface area contributed by atoms with Gasteiger partial charge in [-0.05, 0) is 36.8 Å². The third-order valence-electron chi connectivity index (χ3n) is 3.86. The third kappa shape index (κ3) is 3.56. The van der Waals surface area contributed by atoms with Crippen LogP contribution in [0.3, 0.4) is 0 Å².